The number of nitrogens with one attached hydrogen (secondary N) is 1. The minimum Gasteiger partial charge on any atom is -0.477 e. The quantitative estimate of drug-likeness (QED) is 0.897. The van der Waals surface area contributed by atoms with E-state index in [0.717, 1.165) is 6.42 Å². The van der Waals surface area contributed by atoms with Crippen molar-refractivity contribution in [2.75, 3.05) is 6.61 Å². The molecule has 112 valence electrons. The molecule has 1 aromatic rings. The van der Waals surface area contributed by atoms with Crippen LogP contribution in [0.1, 0.15) is 58.3 Å². The average Bonchev–Trinajstić information content (AvgIpc) is 2.25. The summed E-state index contributed by atoms with van der Waals surface area (Å²) < 4.78 is 5.40. The Labute approximate surface area is 121 Å². The minimum absolute atomic E-state index is 0.143. The topological polar surface area (TPSA) is 51.2 Å². The molecule has 0 aliphatic rings. The molecular formula is C16H26N2O2. The van der Waals surface area contributed by atoms with E-state index in [1.165, 1.54) is 0 Å². The van der Waals surface area contributed by atoms with Crippen molar-refractivity contribution < 1.29 is 9.53 Å². The van der Waals surface area contributed by atoms with Gasteiger partial charge in [-0.15, -0.1) is 0 Å². The largest absolute Gasteiger partial charge is 0.477 e. The number of rotatable bonds is 5. The molecule has 0 unspecified atom stereocenters. The molecule has 0 spiro atoms. The highest BCUT2D eigenvalue weighted by molar-refractivity contribution is 5.96. The Hall–Kier alpha value is -1.58. The predicted molar refractivity (Wildman–Crippen MR) is 81.0 cm³/mol. The number of amides is 1. The van der Waals surface area contributed by atoms with Crippen molar-refractivity contribution in [1.29, 1.82) is 0 Å². The van der Waals surface area contributed by atoms with Gasteiger partial charge in [-0.1, -0.05) is 20.8 Å². The smallest absolute Gasteiger partial charge is 0.257 e. The SMILES string of the molecule is CCOc1ncccc1C(=O)NC(C)(C)CC(C)(C)C. The third kappa shape index (κ3) is 5.19. The van der Waals surface area contributed by atoms with Gasteiger partial charge in [0, 0.05) is 11.7 Å². The van der Waals surface area contributed by atoms with Gasteiger partial charge in [-0.05, 0) is 44.7 Å². The van der Waals surface area contributed by atoms with E-state index in [1.54, 1.807) is 18.3 Å². The van der Waals surface area contributed by atoms with E-state index in [4.69, 9.17) is 4.74 Å². The van der Waals surface area contributed by atoms with Crippen molar-refractivity contribution in [1.82, 2.24) is 10.3 Å². The van der Waals surface area contributed by atoms with E-state index in [9.17, 15) is 4.79 Å². The Kier molecular flexibility index (Phi) is 5.15. The van der Waals surface area contributed by atoms with Gasteiger partial charge >= 0.3 is 0 Å². The number of hydrogen-bond acceptors (Lipinski definition) is 3. The summed E-state index contributed by atoms with van der Waals surface area (Å²) in [6.45, 7) is 12.9. The van der Waals surface area contributed by atoms with Gasteiger partial charge in [0.05, 0.1) is 6.61 Å². The average molecular weight is 278 g/mol. The number of carbonyl (C=O) groups excluding carboxylic acids is 1. The van der Waals surface area contributed by atoms with Gasteiger partial charge in [0.25, 0.3) is 5.91 Å². The van der Waals surface area contributed by atoms with Crippen molar-refractivity contribution in [3.63, 3.8) is 0 Å². The number of hydrogen-bond donors (Lipinski definition) is 1. The fourth-order valence-corrected chi connectivity index (χ4v) is 2.56. The maximum absolute atomic E-state index is 12.4. The van der Waals surface area contributed by atoms with Gasteiger partial charge in [0.1, 0.15) is 5.56 Å². The first-order valence-corrected chi connectivity index (χ1v) is 7.05. The standard InChI is InChI=1S/C16H26N2O2/c1-7-20-14-12(9-8-10-17-14)13(19)18-16(5,6)11-15(2,3)4/h8-10H,7,11H2,1-6H3,(H,18,19). The zero-order chi connectivity index (χ0) is 15.4. The fraction of sp³-hybridized carbons (Fsp3) is 0.625. The number of pyridine rings is 1. The van der Waals surface area contributed by atoms with Crippen LogP contribution in [0.4, 0.5) is 0 Å². The van der Waals surface area contributed by atoms with Crippen molar-refractivity contribution in [2.24, 2.45) is 5.41 Å². The van der Waals surface area contributed by atoms with E-state index in [1.807, 2.05) is 20.8 Å². The highest BCUT2D eigenvalue weighted by atomic mass is 16.5. The number of carbonyl (C=O) groups is 1. The number of nitrogens with zero attached hydrogens (tertiary/aromatic N) is 1. The van der Waals surface area contributed by atoms with Gasteiger partial charge in [0.15, 0.2) is 0 Å². The molecule has 1 N–H and O–H groups in total. The lowest BCUT2D eigenvalue weighted by atomic mass is 9.81. The predicted octanol–water partition coefficient (Wildman–Crippen LogP) is 3.42. The second-order valence-electron chi connectivity index (χ2n) is 6.86. The molecule has 1 amide bonds. The third-order valence-electron chi connectivity index (χ3n) is 2.72. The summed E-state index contributed by atoms with van der Waals surface area (Å²) in [5.74, 6) is 0.245. The van der Waals surface area contributed by atoms with Gasteiger partial charge < -0.3 is 10.1 Å². The van der Waals surface area contributed by atoms with Crippen LogP contribution in [-0.4, -0.2) is 23.0 Å². The lowest BCUT2D eigenvalue weighted by Crippen LogP contribution is -2.45. The lowest BCUT2D eigenvalue weighted by Gasteiger charge is -2.33. The third-order valence-corrected chi connectivity index (χ3v) is 2.72. The Morgan fingerprint density at radius 1 is 1.30 bits per heavy atom. The van der Waals surface area contributed by atoms with Crippen LogP contribution in [-0.2, 0) is 0 Å². The summed E-state index contributed by atoms with van der Waals surface area (Å²) in [5.41, 5.74) is 0.347. The molecule has 0 saturated heterocycles. The molecular weight excluding hydrogens is 252 g/mol. The minimum atomic E-state index is -0.283. The molecule has 1 heterocycles. The molecule has 1 aromatic heterocycles. The van der Waals surface area contributed by atoms with Crippen LogP contribution in [0.15, 0.2) is 18.3 Å². The van der Waals surface area contributed by atoms with E-state index in [0.29, 0.717) is 18.1 Å². The molecule has 0 fully saturated rings. The monoisotopic (exact) mass is 278 g/mol. The van der Waals surface area contributed by atoms with Crippen LogP contribution >= 0.6 is 0 Å². The lowest BCUT2D eigenvalue weighted by molar-refractivity contribution is 0.0886. The highest BCUT2D eigenvalue weighted by Crippen LogP contribution is 2.27. The van der Waals surface area contributed by atoms with Crippen molar-refractivity contribution in [3.8, 4) is 5.88 Å². The summed E-state index contributed by atoms with van der Waals surface area (Å²) in [6, 6.07) is 3.48. The van der Waals surface area contributed by atoms with Crippen LogP contribution in [0.2, 0.25) is 0 Å². The molecule has 0 radical (unpaired) electrons. The Morgan fingerprint density at radius 3 is 2.50 bits per heavy atom. The Bertz CT molecular complexity index is 462. The normalized spacial score (nSPS) is 12.1. The maximum Gasteiger partial charge on any atom is 0.257 e. The van der Waals surface area contributed by atoms with Crippen LogP contribution < -0.4 is 10.1 Å². The second-order valence-corrected chi connectivity index (χ2v) is 6.86. The highest BCUT2D eigenvalue weighted by Gasteiger charge is 2.28. The summed E-state index contributed by atoms with van der Waals surface area (Å²) in [5, 5.41) is 3.07. The molecule has 0 saturated carbocycles. The zero-order valence-electron chi connectivity index (χ0n) is 13.4. The van der Waals surface area contributed by atoms with Crippen LogP contribution in [0, 0.1) is 5.41 Å². The fourth-order valence-electron chi connectivity index (χ4n) is 2.56. The maximum atomic E-state index is 12.4. The first-order valence-electron chi connectivity index (χ1n) is 7.05. The van der Waals surface area contributed by atoms with Gasteiger partial charge in [-0.3, -0.25) is 4.79 Å². The molecule has 0 aliphatic heterocycles. The van der Waals surface area contributed by atoms with Crippen LogP contribution in [0.3, 0.4) is 0 Å². The molecule has 20 heavy (non-hydrogen) atoms. The molecule has 4 nitrogen and oxygen atoms in total. The van der Waals surface area contributed by atoms with E-state index in [2.05, 4.69) is 31.1 Å². The molecule has 0 aliphatic carbocycles. The van der Waals surface area contributed by atoms with Gasteiger partial charge in [-0.2, -0.15) is 0 Å². The first kappa shape index (κ1) is 16.5. The van der Waals surface area contributed by atoms with Crippen molar-refractivity contribution >= 4 is 5.91 Å². The summed E-state index contributed by atoms with van der Waals surface area (Å²) >= 11 is 0. The summed E-state index contributed by atoms with van der Waals surface area (Å²) in [4.78, 5) is 16.5. The van der Waals surface area contributed by atoms with E-state index >= 15 is 0 Å². The van der Waals surface area contributed by atoms with Crippen LogP contribution in [0.5, 0.6) is 5.88 Å². The molecule has 0 atom stereocenters. The molecule has 1 rings (SSSR count). The van der Waals surface area contributed by atoms with Gasteiger partial charge in [0.2, 0.25) is 5.88 Å². The van der Waals surface area contributed by atoms with Crippen molar-refractivity contribution in [3.05, 3.63) is 23.9 Å². The molecule has 4 heteroatoms. The van der Waals surface area contributed by atoms with Crippen LogP contribution in [0.25, 0.3) is 0 Å². The molecule has 0 bridgehead atoms. The van der Waals surface area contributed by atoms with E-state index in [-0.39, 0.29) is 16.9 Å². The first-order chi connectivity index (χ1) is 9.14. The summed E-state index contributed by atoms with van der Waals surface area (Å²) in [6.07, 6.45) is 2.51. The summed E-state index contributed by atoms with van der Waals surface area (Å²) in [7, 11) is 0. The second kappa shape index (κ2) is 6.25. The molecule has 0 aromatic carbocycles. The van der Waals surface area contributed by atoms with E-state index < -0.39 is 0 Å². The Morgan fingerprint density at radius 2 is 1.95 bits per heavy atom. The van der Waals surface area contributed by atoms with Gasteiger partial charge in [-0.25, -0.2) is 4.98 Å². The number of ether oxygens (including phenoxy) is 1. The zero-order valence-corrected chi connectivity index (χ0v) is 13.4. The van der Waals surface area contributed by atoms with Crippen molar-refractivity contribution in [2.45, 2.75) is 53.5 Å². The number of aromatic nitrogens is 1. The Balaban J connectivity index is 2.86.